The summed E-state index contributed by atoms with van der Waals surface area (Å²) in [5, 5.41) is 0. The molecule has 0 radical (unpaired) electrons. The quantitative estimate of drug-likeness (QED) is 0.845. The summed E-state index contributed by atoms with van der Waals surface area (Å²) in [7, 11) is 0. The molecule has 20 heavy (non-hydrogen) atoms. The van der Waals surface area contributed by atoms with E-state index in [0.29, 0.717) is 11.8 Å². The average molecular weight is 290 g/mol. The van der Waals surface area contributed by atoms with Crippen LogP contribution in [0.5, 0.6) is 5.88 Å². The van der Waals surface area contributed by atoms with Crippen LogP contribution < -0.4 is 4.74 Å². The molecule has 6 heteroatoms. The molecule has 0 amide bonds. The third-order valence-electron chi connectivity index (χ3n) is 3.58. The summed E-state index contributed by atoms with van der Waals surface area (Å²) < 4.78 is 5.69. The third-order valence-corrected chi connectivity index (χ3v) is 4.34. The van der Waals surface area contributed by atoms with E-state index in [-0.39, 0.29) is 0 Å². The van der Waals surface area contributed by atoms with Crippen LogP contribution in [0.1, 0.15) is 17.7 Å². The van der Waals surface area contributed by atoms with Gasteiger partial charge in [0.2, 0.25) is 5.88 Å². The largest absolute Gasteiger partial charge is 0.476 e. The highest BCUT2D eigenvalue weighted by atomic mass is 32.1. The van der Waals surface area contributed by atoms with Gasteiger partial charge in [0.1, 0.15) is 0 Å². The average Bonchev–Trinajstić information content (AvgIpc) is 3.01. The van der Waals surface area contributed by atoms with Crippen molar-refractivity contribution in [2.75, 3.05) is 19.7 Å². The summed E-state index contributed by atoms with van der Waals surface area (Å²) in [6.07, 6.45) is 9.31. The lowest BCUT2D eigenvalue weighted by Crippen LogP contribution is -2.34. The highest BCUT2D eigenvalue weighted by Crippen LogP contribution is 2.20. The van der Waals surface area contributed by atoms with E-state index in [4.69, 9.17) is 4.74 Å². The van der Waals surface area contributed by atoms with Crippen molar-refractivity contribution in [2.45, 2.75) is 19.4 Å². The van der Waals surface area contributed by atoms with Crippen LogP contribution in [0.4, 0.5) is 0 Å². The van der Waals surface area contributed by atoms with Gasteiger partial charge in [-0.2, -0.15) is 0 Å². The number of hydrogen-bond donors (Lipinski definition) is 0. The van der Waals surface area contributed by atoms with Crippen molar-refractivity contribution in [1.82, 2.24) is 19.9 Å². The van der Waals surface area contributed by atoms with E-state index in [9.17, 15) is 0 Å². The summed E-state index contributed by atoms with van der Waals surface area (Å²) in [6, 6.07) is 0. The van der Waals surface area contributed by atoms with E-state index in [2.05, 4.69) is 19.9 Å². The number of rotatable bonds is 5. The molecule has 2 aromatic heterocycles. The summed E-state index contributed by atoms with van der Waals surface area (Å²) in [5.74, 6) is 1.24. The SMILES string of the molecule is c1cnc(OCC2CCN(Cc3cncs3)CC2)cn1. The van der Waals surface area contributed by atoms with E-state index in [0.717, 1.165) is 26.2 Å². The van der Waals surface area contributed by atoms with Gasteiger partial charge in [-0.1, -0.05) is 0 Å². The Balaban J connectivity index is 1.40. The van der Waals surface area contributed by atoms with Crippen molar-refractivity contribution in [3.63, 3.8) is 0 Å². The fraction of sp³-hybridized carbons (Fsp3) is 0.500. The molecule has 106 valence electrons. The Bertz CT molecular complexity index is 497. The van der Waals surface area contributed by atoms with E-state index in [1.165, 1.54) is 17.7 Å². The maximum Gasteiger partial charge on any atom is 0.232 e. The number of piperidine rings is 1. The zero-order valence-corrected chi connectivity index (χ0v) is 12.1. The topological polar surface area (TPSA) is 51.1 Å². The maximum absolute atomic E-state index is 5.69. The Morgan fingerprint density at radius 3 is 2.80 bits per heavy atom. The van der Waals surface area contributed by atoms with Gasteiger partial charge in [-0.25, -0.2) is 4.98 Å². The minimum atomic E-state index is 0.620. The number of ether oxygens (including phenoxy) is 1. The second-order valence-electron chi connectivity index (χ2n) is 5.04. The van der Waals surface area contributed by atoms with Crippen LogP contribution in [0.25, 0.3) is 0 Å². The molecule has 1 aliphatic rings. The number of hydrogen-bond acceptors (Lipinski definition) is 6. The third kappa shape index (κ3) is 3.74. The number of likely N-dealkylation sites (tertiary alicyclic amines) is 1. The monoisotopic (exact) mass is 290 g/mol. The minimum absolute atomic E-state index is 0.620. The van der Waals surface area contributed by atoms with Gasteiger partial charge in [0.15, 0.2) is 0 Å². The van der Waals surface area contributed by atoms with Crippen LogP contribution >= 0.6 is 11.3 Å². The number of aromatic nitrogens is 3. The lowest BCUT2D eigenvalue weighted by Gasteiger charge is -2.31. The smallest absolute Gasteiger partial charge is 0.232 e. The molecular formula is C14H18N4OS. The van der Waals surface area contributed by atoms with Crippen LogP contribution in [0.15, 0.2) is 30.3 Å². The van der Waals surface area contributed by atoms with Crippen LogP contribution in [-0.4, -0.2) is 39.5 Å². The maximum atomic E-state index is 5.69. The van der Waals surface area contributed by atoms with E-state index in [1.807, 2.05) is 11.7 Å². The van der Waals surface area contributed by atoms with E-state index < -0.39 is 0 Å². The standard InChI is InChI=1S/C14H18N4OS/c1-5-18(9-13-7-16-11-20-13)6-2-12(1)10-19-14-8-15-3-4-17-14/h3-4,7-8,11-12H,1-2,5-6,9-10H2. The number of nitrogens with zero attached hydrogens (tertiary/aromatic N) is 4. The lowest BCUT2D eigenvalue weighted by atomic mass is 9.98. The molecule has 0 unspecified atom stereocenters. The molecule has 0 aliphatic carbocycles. The van der Waals surface area contributed by atoms with Gasteiger partial charge < -0.3 is 4.74 Å². The summed E-state index contributed by atoms with van der Waals surface area (Å²) in [5.41, 5.74) is 1.90. The predicted octanol–water partition coefficient (Wildman–Crippen LogP) is 2.22. The van der Waals surface area contributed by atoms with Crippen LogP contribution in [-0.2, 0) is 6.54 Å². The van der Waals surface area contributed by atoms with Gasteiger partial charge in [-0.3, -0.25) is 14.9 Å². The first-order chi connectivity index (χ1) is 9.90. The van der Waals surface area contributed by atoms with Crippen molar-refractivity contribution in [3.05, 3.63) is 35.2 Å². The number of thiazole rings is 1. The summed E-state index contributed by atoms with van der Waals surface area (Å²) >= 11 is 1.73. The van der Waals surface area contributed by atoms with Crippen LogP contribution in [0.3, 0.4) is 0 Å². The molecule has 1 saturated heterocycles. The fourth-order valence-electron chi connectivity index (χ4n) is 2.41. The second kappa shape index (κ2) is 6.76. The molecule has 1 aliphatic heterocycles. The molecule has 0 aromatic carbocycles. The predicted molar refractivity (Wildman–Crippen MR) is 77.6 cm³/mol. The molecule has 0 saturated carbocycles. The zero-order valence-electron chi connectivity index (χ0n) is 11.3. The van der Waals surface area contributed by atoms with E-state index >= 15 is 0 Å². The van der Waals surface area contributed by atoms with Gasteiger partial charge in [0, 0.05) is 30.0 Å². The first-order valence-electron chi connectivity index (χ1n) is 6.88. The summed E-state index contributed by atoms with van der Waals surface area (Å²) in [4.78, 5) is 16.1. The molecule has 5 nitrogen and oxygen atoms in total. The Labute approximate surface area is 122 Å². The van der Waals surface area contributed by atoms with Crippen molar-refractivity contribution in [2.24, 2.45) is 5.92 Å². The molecule has 3 rings (SSSR count). The van der Waals surface area contributed by atoms with Gasteiger partial charge in [0.25, 0.3) is 0 Å². The van der Waals surface area contributed by atoms with Crippen molar-refractivity contribution in [3.8, 4) is 5.88 Å². The molecule has 0 N–H and O–H groups in total. The Morgan fingerprint density at radius 2 is 2.10 bits per heavy atom. The Morgan fingerprint density at radius 1 is 1.20 bits per heavy atom. The van der Waals surface area contributed by atoms with Crippen LogP contribution in [0.2, 0.25) is 0 Å². The molecule has 3 heterocycles. The Hall–Kier alpha value is -1.53. The van der Waals surface area contributed by atoms with Gasteiger partial charge >= 0.3 is 0 Å². The zero-order chi connectivity index (χ0) is 13.6. The van der Waals surface area contributed by atoms with E-state index in [1.54, 1.807) is 29.9 Å². The molecule has 2 aromatic rings. The normalized spacial score (nSPS) is 17.2. The molecule has 1 fully saturated rings. The van der Waals surface area contributed by atoms with Gasteiger partial charge in [-0.05, 0) is 31.8 Å². The first-order valence-corrected chi connectivity index (χ1v) is 7.76. The Kier molecular flexibility index (Phi) is 4.55. The molecule has 0 spiro atoms. The summed E-state index contributed by atoms with van der Waals surface area (Å²) in [6.45, 7) is 4.04. The fourth-order valence-corrected chi connectivity index (χ4v) is 3.05. The second-order valence-corrected chi connectivity index (χ2v) is 6.01. The van der Waals surface area contributed by atoms with Gasteiger partial charge in [0.05, 0.1) is 18.3 Å². The van der Waals surface area contributed by atoms with Gasteiger partial charge in [-0.15, -0.1) is 11.3 Å². The molecule has 0 bridgehead atoms. The van der Waals surface area contributed by atoms with Crippen molar-refractivity contribution in [1.29, 1.82) is 0 Å². The first kappa shape index (κ1) is 13.5. The highest BCUT2D eigenvalue weighted by Gasteiger charge is 2.20. The lowest BCUT2D eigenvalue weighted by molar-refractivity contribution is 0.135. The van der Waals surface area contributed by atoms with Crippen molar-refractivity contribution < 1.29 is 4.74 Å². The minimum Gasteiger partial charge on any atom is -0.476 e. The van der Waals surface area contributed by atoms with Crippen LogP contribution in [0, 0.1) is 5.92 Å². The highest BCUT2D eigenvalue weighted by molar-refractivity contribution is 7.09. The molecule has 0 atom stereocenters. The molecular weight excluding hydrogens is 272 g/mol. The van der Waals surface area contributed by atoms with Crippen molar-refractivity contribution >= 4 is 11.3 Å².